The van der Waals surface area contributed by atoms with Crippen LogP contribution in [0.5, 0.6) is 23.0 Å². The minimum absolute atomic E-state index is 0.681. The van der Waals surface area contributed by atoms with E-state index in [0.29, 0.717) is 30.3 Å². The summed E-state index contributed by atoms with van der Waals surface area (Å²) in [5.74, 6) is 2.84. The van der Waals surface area contributed by atoms with Crippen LogP contribution in [-0.2, 0) is 0 Å². The Bertz CT molecular complexity index is 3540. The summed E-state index contributed by atoms with van der Waals surface area (Å²) in [6, 6.07) is 72.0. The van der Waals surface area contributed by atoms with E-state index in [4.69, 9.17) is 9.47 Å². The van der Waals surface area contributed by atoms with Gasteiger partial charge in [-0.05, 0) is 166 Å². The van der Waals surface area contributed by atoms with E-state index < -0.39 is 0 Å². The van der Waals surface area contributed by atoms with E-state index in [-0.39, 0.29) is 0 Å². The van der Waals surface area contributed by atoms with Crippen LogP contribution in [0.25, 0.3) is 55.3 Å². The normalized spacial score (nSPS) is 12.2. The molecule has 0 bridgehead atoms. The highest BCUT2D eigenvalue weighted by Gasteiger charge is 2.33. The van der Waals surface area contributed by atoms with Gasteiger partial charge in [0.05, 0.1) is 0 Å². The molecule has 0 saturated carbocycles. The van der Waals surface area contributed by atoms with Gasteiger partial charge in [0.15, 0.2) is 30.3 Å². The highest BCUT2D eigenvalue weighted by atomic mass is 16.6. The van der Waals surface area contributed by atoms with Crippen molar-refractivity contribution in [1.29, 1.82) is 0 Å². The monoisotopic (exact) mass is 862 g/mol. The van der Waals surface area contributed by atoms with Crippen molar-refractivity contribution in [2.24, 2.45) is 0 Å². The maximum Gasteiger partial charge on any atom is 0.198 e. The zero-order valence-corrected chi connectivity index (χ0v) is 38.0. The fraction of sp³-hybridized carbons (Fsp3) is 0.0645. The molecule has 5 heteroatoms. The summed E-state index contributed by atoms with van der Waals surface area (Å²) in [5.41, 5.74) is 22.2. The van der Waals surface area contributed by atoms with Gasteiger partial charge in [0.1, 0.15) is 0 Å². The molecule has 320 valence electrons. The summed E-state index contributed by atoms with van der Waals surface area (Å²) < 4.78 is 13.2. The molecule has 0 spiro atoms. The lowest BCUT2D eigenvalue weighted by molar-refractivity contribution is 0.360. The molecule has 0 unspecified atom stereocenters. The number of anilines is 5. The second-order valence-corrected chi connectivity index (χ2v) is 18.1. The summed E-state index contributed by atoms with van der Waals surface area (Å²) in [6.07, 6.45) is 0. The topological polar surface area (TPSA) is 33.7 Å². The molecule has 0 saturated heterocycles. The Labute approximate surface area is 393 Å². The van der Waals surface area contributed by atoms with E-state index >= 15 is 0 Å². The maximum absolute atomic E-state index is 6.64. The van der Waals surface area contributed by atoms with Crippen molar-refractivity contribution in [3.8, 4) is 67.5 Å². The molecule has 0 radical (unpaired) electrons. The zero-order valence-electron chi connectivity index (χ0n) is 38.0. The van der Waals surface area contributed by atoms with Gasteiger partial charge in [-0.3, -0.25) is 0 Å². The first kappa shape index (κ1) is 40.3. The van der Waals surface area contributed by atoms with E-state index in [0.717, 1.165) is 39.5 Å². The molecule has 2 aliphatic rings. The third-order valence-corrected chi connectivity index (χ3v) is 13.5. The van der Waals surface area contributed by atoms with Crippen molar-refractivity contribution in [2.75, 3.05) is 10.2 Å². The van der Waals surface area contributed by atoms with E-state index in [1.54, 1.807) is 0 Å². The average Bonchev–Trinajstić information content (AvgIpc) is 3.35. The second kappa shape index (κ2) is 16.3. The van der Waals surface area contributed by atoms with Crippen molar-refractivity contribution in [2.45, 2.75) is 27.7 Å². The van der Waals surface area contributed by atoms with E-state index in [1.165, 1.54) is 77.4 Å². The van der Waals surface area contributed by atoms with Crippen LogP contribution in [0.2, 0.25) is 0 Å². The van der Waals surface area contributed by atoms with Crippen molar-refractivity contribution in [1.82, 2.24) is 0 Å². The Morgan fingerprint density at radius 1 is 0.403 bits per heavy atom. The van der Waals surface area contributed by atoms with Gasteiger partial charge < -0.3 is 19.7 Å². The van der Waals surface area contributed by atoms with Gasteiger partial charge in [-0.15, -0.1) is 0 Å². The highest BCUT2D eigenvalue weighted by molar-refractivity contribution is 6.73. The lowest BCUT2D eigenvalue weighted by atomic mass is 9.57. The van der Waals surface area contributed by atoms with E-state index in [2.05, 4.69) is 214 Å². The Kier molecular flexibility index (Phi) is 9.80. The van der Waals surface area contributed by atoms with Gasteiger partial charge in [-0.1, -0.05) is 138 Å². The molecule has 12 rings (SSSR count). The molecule has 4 nitrogen and oxygen atoms in total. The summed E-state index contributed by atoms with van der Waals surface area (Å²) in [5, 5.41) is 6.29. The van der Waals surface area contributed by atoms with Gasteiger partial charge in [-0.25, -0.2) is 0 Å². The van der Waals surface area contributed by atoms with Crippen LogP contribution in [0.15, 0.2) is 200 Å². The molecular formula is C62H47BN2O2. The minimum atomic E-state index is 0.681. The first-order valence-corrected chi connectivity index (χ1v) is 23.1. The lowest BCUT2D eigenvalue weighted by Gasteiger charge is -2.37. The lowest BCUT2D eigenvalue weighted by Crippen LogP contribution is -2.41. The fourth-order valence-corrected chi connectivity index (χ4v) is 10.4. The molecule has 0 fully saturated rings. The highest BCUT2D eigenvalue weighted by Crippen LogP contribution is 2.50. The Balaban J connectivity index is 1.11. The SMILES string of the molecule is Cc1cc(C)c(-c2cc(-c3cc4ccccc4cc3Nc3ccc(-c4ccccc4)cc3)c3c(c2)N(c2ccc(-c4ccccc4)cc2C)c2cc4c(cc2B3)Oc2ccccc2O4)c(C)c1. The molecule has 2 heterocycles. The van der Waals surface area contributed by atoms with Crippen LogP contribution in [0.1, 0.15) is 22.3 Å². The van der Waals surface area contributed by atoms with Gasteiger partial charge >= 0.3 is 0 Å². The molecule has 1 N–H and O–H groups in total. The standard InChI is InChI=1S/C62H47BN2O2/c1-38-29-40(3)61(41(4)30-38)48-33-51(50-32-45-19-11-12-20-46(45)34-53(50)64-49-26-23-44(24-27-49)42-15-7-5-8-16-42)62-56(35-48)65(54-28-25-47(31-39(54)2)43-17-9-6-10-18-43)55-37-60-59(36-52(55)63-62)66-57-21-13-14-22-58(57)67-60/h5-37,63-64H,1-4H3. The largest absolute Gasteiger partial charge is 0.450 e. The number of nitrogens with one attached hydrogen (secondary N) is 1. The van der Waals surface area contributed by atoms with Crippen LogP contribution in [0.3, 0.4) is 0 Å². The fourth-order valence-electron chi connectivity index (χ4n) is 10.4. The van der Waals surface area contributed by atoms with Crippen LogP contribution in [0.4, 0.5) is 28.4 Å². The van der Waals surface area contributed by atoms with Crippen molar-refractivity contribution in [3.63, 3.8) is 0 Å². The number of hydrogen-bond acceptors (Lipinski definition) is 4. The number of benzene rings is 10. The summed E-state index contributed by atoms with van der Waals surface area (Å²) in [7, 11) is 0.681. The molecule has 0 amide bonds. The Morgan fingerprint density at radius 3 is 1.66 bits per heavy atom. The summed E-state index contributed by atoms with van der Waals surface area (Å²) in [6.45, 7) is 8.92. The van der Waals surface area contributed by atoms with Crippen molar-refractivity contribution >= 4 is 57.4 Å². The van der Waals surface area contributed by atoms with Crippen LogP contribution < -0.4 is 30.6 Å². The number of rotatable bonds is 7. The quantitative estimate of drug-likeness (QED) is 0.162. The molecule has 0 aliphatic carbocycles. The molecule has 67 heavy (non-hydrogen) atoms. The van der Waals surface area contributed by atoms with Crippen LogP contribution >= 0.6 is 0 Å². The molecule has 10 aromatic rings. The van der Waals surface area contributed by atoms with Gasteiger partial charge in [0, 0.05) is 40.1 Å². The van der Waals surface area contributed by atoms with Gasteiger partial charge in [0.25, 0.3) is 0 Å². The summed E-state index contributed by atoms with van der Waals surface area (Å²) in [4.78, 5) is 2.48. The summed E-state index contributed by atoms with van der Waals surface area (Å²) >= 11 is 0. The number of aryl methyl sites for hydroxylation is 4. The van der Waals surface area contributed by atoms with Crippen molar-refractivity contribution < 1.29 is 9.47 Å². The Hall–Kier alpha value is -8.28. The minimum Gasteiger partial charge on any atom is -0.450 e. The molecule has 10 aromatic carbocycles. The van der Waals surface area contributed by atoms with Gasteiger partial charge in [-0.2, -0.15) is 0 Å². The average molecular weight is 863 g/mol. The number of fused-ring (bicyclic) bond motifs is 5. The molecule has 0 aromatic heterocycles. The first-order valence-electron chi connectivity index (χ1n) is 23.1. The maximum atomic E-state index is 6.64. The number of hydrogen-bond donors (Lipinski definition) is 1. The predicted octanol–water partition coefficient (Wildman–Crippen LogP) is 15.6. The van der Waals surface area contributed by atoms with E-state index in [1.807, 2.05) is 24.3 Å². The number of nitrogens with zero attached hydrogens (tertiary/aromatic N) is 1. The van der Waals surface area contributed by atoms with Crippen molar-refractivity contribution in [3.05, 3.63) is 222 Å². The Morgan fingerprint density at radius 2 is 0.985 bits per heavy atom. The third-order valence-electron chi connectivity index (χ3n) is 13.5. The number of ether oxygens (including phenoxy) is 2. The number of para-hydroxylation sites is 2. The van der Waals surface area contributed by atoms with E-state index in [9.17, 15) is 0 Å². The van der Waals surface area contributed by atoms with Gasteiger partial charge in [0.2, 0.25) is 0 Å². The first-order chi connectivity index (χ1) is 32.8. The second-order valence-electron chi connectivity index (χ2n) is 18.1. The third kappa shape index (κ3) is 7.30. The zero-order chi connectivity index (χ0) is 45.2. The molecule has 0 atom stereocenters. The van der Waals surface area contributed by atoms with Crippen LogP contribution in [-0.4, -0.2) is 7.28 Å². The smallest absolute Gasteiger partial charge is 0.198 e. The van der Waals surface area contributed by atoms with Crippen LogP contribution in [0, 0.1) is 27.7 Å². The molecular weight excluding hydrogens is 816 g/mol. The molecule has 2 aliphatic heterocycles. The predicted molar refractivity (Wildman–Crippen MR) is 282 cm³/mol.